The van der Waals surface area contributed by atoms with Crippen molar-refractivity contribution in [3.05, 3.63) is 64.8 Å². The van der Waals surface area contributed by atoms with Gasteiger partial charge in [0.1, 0.15) is 0 Å². The Bertz CT molecular complexity index is 1110. The van der Waals surface area contributed by atoms with E-state index in [1.54, 1.807) is 12.3 Å². The molecule has 0 fully saturated rings. The first-order valence-electron chi connectivity index (χ1n) is 9.05. The lowest BCUT2D eigenvalue weighted by molar-refractivity contribution is -0.120. The zero-order valence-electron chi connectivity index (χ0n) is 14.6. The summed E-state index contributed by atoms with van der Waals surface area (Å²) < 4.78 is 0. The highest BCUT2D eigenvalue weighted by atomic mass is 16.2. The molecule has 3 aromatic rings. The van der Waals surface area contributed by atoms with Crippen LogP contribution in [-0.4, -0.2) is 23.0 Å². The predicted octanol–water partition coefficient (Wildman–Crippen LogP) is 2.99. The molecule has 27 heavy (non-hydrogen) atoms. The van der Waals surface area contributed by atoms with Crippen LogP contribution in [0.25, 0.3) is 10.9 Å². The molecule has 1 atom stereocenters. The molecular formula is C21H18N4O2. The van der Waals surface area contributed by atoms with Crippen LogP contribution in [-0.2, 0) is 17.6 Å². The summed E-state index contributed by atoms with van der Waals surface area (Å²) in [4.78, 5) is 28.3. The molecule has 1 aliphatic heterocycles. The number of hydrogen-bond donors (Lipinski definition) is 3. The Morgan fingerprint density at radius 1 is 1.19 bits per heavy atom. The minimum absolute atomic E-state index is 0.00638. The van der Waals surface area contributed by atoms with Crippen LogP contribution < -0.4 is 10.7 Å². The van der Waals surface area contributed by atoms with E-state index >= 15 is 0 Å². The van der Waals surface area contributed by atoms with Gasteiger partial charge in [-0.25, -0.2) is 5.43 Å². The molecule has 5 rings (SSSR count). The second kappa shape index (κ2) is 6.09. The third-order valence-corrected chi connectivity index (χ3v) is 5.41. The summed E-state index contributed by atoms with van der Waals surface area (Å²) >= 11 is 0. The first kappa shape index (κ1) is 15.8. The SMILES string of the molecule is O=C1NN=Cc2c[nH]c3cc(NC(=O)C4CCc5ccccc5C4)cc1c23. The molecule has 1 aromatic heterocycles. The van der Waals surface area contributed by atoms with Crippen molar-refractivity contribution in [3.63, 3.8) is 0 Å². The van der Waals surface area contributed by atoms with E-state index in [1.165, 1.54) is 11.1 Å². The summed E-state index contributed by atoms with van der Waals surface area (Å²) in [5, 5.41) is 7.74. The van der Waals surface area contributed by atoms with Gasteiger partial charge in [-0.15, -0.1) is 0 Å². The van der Waals surface area contributed by atoms with Gasteiger partial charge < -0.3 is 10.3 Å². The Labute approximate surface area is 155 Å². The molecule has 1 unspecified atom stereocenters. The highest BCUT2D eigenvalue weighted by molar-refractivity contribution is 6.15. The zero-order valence-corrected chi connectivity index (χ0v) is 14.6. The number of nitrogens with zero attached hydrogens (tertiary/aromatic N) is 1. The van der Waals surface area contributed by atoms with Crippen LogP contribution in [0.15, 0.2) is 47.7 Å². The van der Waals surface area contributed by atoms with E-state index in [0.717, 1.165) is 35.7 Å². The number of carbonyl (C=O) groups is 2. The number of nitrogens with one attached hydrogen (secondary N) is 3. The van der Waals surface area contributed by atoms with Gasteiger partial charge in [0, 0.05) is 34.3 Å². The number of aromatic nitrogens is 1. The van der Waals surface area contributed by atoms with Crippen LogP contribution in [0.2, 0.25) is 0 Å². The molecule has 2 aliphatic rings. The topological polar surface area (TPSA) is 86.3 Å². The lowest BCUT2D eigenvalue weighted by Gasteiger charge is -2.24. The van der Waals surface area contributed by atoms with Gasteiger partial charge in [0.25, 0.3) is 5.91 Å². The molecule has 0 radical (unpaired) electrons. The van der Waals surface area contributed by atoms with Crippen LogP contribution in [0.1, 0.15) is 33.5 Å². The maximum Gasteiger partial charge on any atom is 0.272 e. The highest BCUT2D eigenvalue weighted by Crippen LogP contribution is 2.29. The summed E-state index contributed by atoms with van der Waals surface area (Å²) in [6.45, 7) is 0. The van der Waals surface area contributed by atoms with Crippen LogP contribution >= 0.6 is 0 Å². The average Bonchev–Trinajstić information content (AvgIpc) is 3.02. The average molecular weight is 358 g/mol. The molecule has 0 spiro atoms. The number of aromatic amines is 1. The fraction of sp³-hybridized carbons (Fsp3) is 0.190. The van der Waals surface area contributed by atoms with E-state index in [4.69, 9.17) is 0 Å². The second-order valence-corrected chi connectivity index (χ2v) is 7.09. The quantitative estimate of drug-likeness (QED) is 0.658. The Hall–Kier alpha value is -3.41. The summed E-state index contributed by atoms with van der Waals surface area (Å²) in [5.41, 5.74) is 7.85. The van der Waals surface area contributed by atoms with Crippen LogP contribution in [0.3, 0.4) is 0 Å². The highest BCUT2D eigenvalue weighted by Gasteiger charge is 2.25. The number of benzene rings is 2. The number of anilines is 1. The minimum Gasteiger partial charge on any atom is -0.360 e. The number of carbonyl (C=O) groups excluding carboxylic acids is 2. The first-order chi connectivity index (χ1) is 13.2. The van der Waals surface area contributed by atoms with Crippen molar-refractivity contribution in [2.75, 3.05) is 5.32 Å². The Morgan fingerprint density at radius 2 is 2.04 bits per heavy atom. The smallest absolute Gasteiger partial charge is 0.272 e. The molecule has 3 N–H and O–H groups in total. The van der Waals surface area contributed by atoms with Crippen LogP contribution in [0.4, 0.5) is 5.69 Å². The normalized spacial score (nSPS) is 17.9. The van der Waals surface area contributed by atoms with Gasteiger partial charge in [-0.3, -0.25) is 9.59 Å². The van der Waals surface area contributed by atoms with E-state index in [9.17, 15) is 9.59 Å². The molecule has 2 heterocycles. The van der Waals surface area contributed by atoms with Crippen molar-refractivity contribution in [3.8, 4) is 0 Å². The Morgan fingerprint density at radius 3 is 2.93 bits per heavy atom. The second-order valence-electron chi connectivity index (χ2n) is 7.09. The van der Waals surface area contributed by atoms with Gasteiger partial charge in [-0.1, -0.05) is 24.3 Å². The lowest BCUT2D eigenvalue weighted by atomic mass is 9.83. The van der Waals surface area contributed by atoms with Crippen molar-refractivity contribution in [1.29, 1.82) is 0 Å². The number of aryl methyl sites for hydroxylation is 1. The van der Waals surface area contributed by atoms with Crippen LogP contribution in [0.5, 0.6) is 0 Å². The fourth-order valence-corrected chi connectivity index (χ4v) is 4.03. The fourth-order valence-electron chi connectivity index (χ4n) is 4.03. The zero-order chi connectivity index (χ0) is 18.4. The number of hydrogen-bond acceptors (Lipinski definition) is 3. The number of hydrazone groups is 1. The third-order valence-electron chi connectivity index (χ3n) is 5.41. The van der Waals surface area contributed by atoms with Crippen molar-refractivity contribution in [2.45, 2.75) is 19.3 Å². The van der Waals surface area contributed by atoms with E-state index in [-0.39, 0.29) is 17.7 Å². The maximum absolute atomic E-state index is 12.8. The Balaban J connectivity index is 1.43. The number of H-pyrrole nitrogens is 1. The monoisotopic (exact) mass is 358 g/mol. The van der Waals surface area contributed by atoms with Crippen LogP contribution in [0, 0.1) is 5.92 Å². The molecule has 2 amide bonds. The molecule has 1 aliphatic carbocycles. The molecule has 0 saturated carbocycles. The minimum atomic E-state index is -0.280. The summed E-state index contributed by atoms with van der Waals surface area (Å²) in [5.74, 6) is -0.350. The third kappa shape index (κ3) is 2.70. The number of amides is 2. The van der Waals surface area contributed by atoms with Gasteiger partial charge in [0.05, 0.1) is 11.8 Å². The standard InChI is InChI=1S/C21H18N4O2/c26-20(14-6-5-12-3-1-2-4-13(12)7-14)24-16-8-17-19-15(10-22-18(19)9-16)11-23-25-21(17)27/h1-4,8-11,14,22H,5-7H2,(H,24,26)(H,25,27). The van der Waals surface area contributed by atoms with E-state index in [2.05, 4.69) is 33.0 Å². The van der Waals surface area contributed by atoms with E-state index < -0.39 is 0 Å². The van der Waals surface area contributed by atoms with Gasteiger partial charge in [-0.05, 0) is 42.5 Å². The predicted molar refractivity (Wildman–Crippen MR) is 104 cm³/mol. The summed E-state index contributed by atoms with van der Waals surface area (Å²) in [6, 6.07) is 11.9. The largest absolute Gasteiger partial charge is 0.360 e. The molecule has 6 heteroatoms. The molecule has 0 bridgehead atoms. The van der Waals surface area contributed by atoms with Crippen molar-refractivity contribution >= 4 is 34.6 Å². The molecule has 6 nitrogen and oxygen atoms in total. The van der Waals surface area contributed by atoms with Crippen molar-refractivity contribution < 1.29 is 9.59 Å². The lowest BCUT2D eigenvalue weighted by Crippen LogP contribution is -2.28. The summed E-state index contributed by atoms with van der Waals surface area (Å²) in [6.07, 6.45) is 5.92. The van der Waals surface area contributed by atoms with Gasteiger partial charge in [0.2, 0.25) is 5.91 Å². The van der Waals surface area contributed by atoms with E-state index in [1.807, 2.05) is 24.4 Å². The molecular weight excluding hydrogens is 340 g/mol. The summed E-state index contributed by atoms with van der Waals surface area (Å²) in [7, 11) is 0. The van der Waals surface area contributed by atoms with Gasteiger partial charge in [0.15, 0.2) is 0 Å². The number of rotatable bonds is 2. The first-order valence-corrected chi connectivity index (χ1v) is 9.05. The van der Waals surface area contributed by atoms with Gasteiger partial charge in [-0.2, -0.15) is 5.10 Å². The van der Waals surface area contributed by atoms with Crippen molar-refractivity contribution in [1.82, 2.24) is 10.4 Å². The number of fused-ring (bicyclic) bond motifs is 1. The molecule has 2 aromatic carbocycles. The maximum atomic E-state index is 12.8. The van der Waals surface area contributed by atoms with Crippen molar-refractivity contribution in [2.24, 2.45) is 11.0 Å². The Kier molecular flexibility index (Phi) is 3.57. The molecule has 134 valence electrons. The van der Waals surface area contributed by atoms with E-state index in [0.29, 0.717) is 11.3 Å². The molecule has 0 saturated heterocycles. The van der Waals surface area contributed by atoms with Gasteiger partial charge >= 0.3 is 0 Å².